The number of carbonyl (C=O) groups is 2. The molecule has 0 aromatic heterocycles. The molecule has 1 aliphatic rings. The molecule has 26 heteroatoms. The average molecular weight is 1050 g/mol. The Morgan fingerprint density at radius 3 is 1.10 bits per heavy atom. The summed E-state index contributed by atoms with van der Waals surface area (Å²) in [5.74, 6) is -1.42. The van der Waals surface area contributed by atoms with Gasteiger partial charge in [0, 0.05) is 12.8 Å². The Balaban J connectivity index is 2.95. The summed E-state index contributed by atoms with van der Waals surface area (Å²) in [6.45, 7) is 2.69. The summed E-state index contributed by atoms with van der Waals surface area (Å²) < 4.78 is 82.4. The molecular formula is C41H82O22P4. The van der Waals surface area contributed by atoms with E-state index < -0.39 is 99.2 Å². The molecule has 0 spiro atoms. The van der Waals surface area contributed by atoms with Gasteiger partial charge in [0.15, 0.2) is 6.10 Å². The summed E-state index contributed by atoms with van der Waals surface area (Å²) in [6.07, 6.45) is 10.2. The van der Waals surface area contributed by atoms with Gasteiger partial charge < -0.3 is 53.9 Å². The van der Waals surface area contributed by atoms with Gasteiger partial charge in [-0.05, 0) is 12.8 Å². The zero-order chi connectivity index (χ0) is 50.4. The van der Waals surface area contributed by atoms with Crippen LogP contribution in [0.15, 0.2) is 0 Å². The highest BCUT2D eigenvalue weighted by Gasteiger charge is 2.59. The van der Waals surface area contributed by atoms with Crippen LogP contribution in [0.4, 0.5) is 0 Å². The van der Waals surface area contributed by atoms with Crippen LogP contribution in [0.2, 0.25) is 0 Å². The SMILES string of the molecule is CCCCCCCCCCCCCCCC(=O)OC[C@@H](COP(=O)(O)O[C@@H]1[C@H](O)[C@@H](OP(=O)(O)O)[C@@H](O)[C@H](OP(=O)(O)O)[C@@H]1OP(=O)(O)O)OC(=O)CCCCCCCCCCCCCCC. The van der Waals surface area contributed by atoms with E-state index in [2.05, 4.69) is 27.4 Å². The molecule has 0 bridgehead atoms. The molecular weight excluding hydrogens is 968 g/mol. The molecule has 1 fully saturated rings. The predicted molar refractivity (Wildman–Crippen MR) is 245 cm³/mol. The molecule has 9 N–H and O–H groups in total. The Bertz CT molecular complexity index is 1520. The number of rotatable bonds is 42. The molecule has 0 aromatic carbocycles. The van der Waals surface area contributed by atoms with Crippen molar-refractivity contribution in [2.75, 3.05) is 13.2 Å². The fourth-order valence-electron chi connectivity index (χ4n) is 7.67. The molecule has 0 aliphatic heterocycles. The molecule has 0 radical (unpaired) electrons. The maximum absolute atomic E-state index is 13.3. The lowest BCUT2D eigenvalue weighted by atomic mass is 9.85. The first-order chi connectivity index (χ1) is 31.5. The number of carbonyl (C=O) groups excluding carboxylic acids is 2. The maximum Gasteiger partial charge on any atom is 0.472 e. The fraction of sp³-hybridized carbons (Fsp3) is 0.951. The van der Waals surface area contributed by atoms with E-state index in [0.717, 1.165) is 64.2 Å². The minimum atomic E-state index is -5.82. The fourth-order valence-corrected chi connectivity index (χ4v) is 10.3. The molecule has 0 saturated heterocycles. The molecule has 1 aliphatic carbocycles. The van der Waals surface area contributed by atoms with E-state index in [-0.39, 0.29) is 12.8 Å². The Kier molecular flexibility index (Phi) is 34.0. The number of hydrogen-bond donors (Lipinski definition) is 9. The lowest BCUT2D eigenvalue weighted by Gasteiger charge is -2.45. The van der Waals surface area contributed by atoms with E-state index in [0.29, 0.717) is 12.8 Å². The predicted octanol–water partition coefficient (Wildman–Crippen LogP) is 8.08. The Labute approximate surface area is 396 Å². The third-order valence-electron chi connectivity index (χ3n) is 11.1. The van der Waals surface area contributed by atoms with Gasteiger partial charge in [0.05, 0.1) is 6.61 Å². The Morgan fingerprint density at radius 1 is 0.418 bits per heavy atom. The first-order valence-electron chi connectivity index (χ1n) is 24.1. The van der Waals surface area contributed by atoms with Gasteiger partial charge in [-0.1, -0.05) is 168 Å². The van der Waals surface area contributed by atoms with Crippen LogP contribution in [0.3, 0.4) is 0 Å². The number of ether oxygens (including phenoxy) is 2. The monoisotopic (exact) mass is 1050 g/mol. The van der Waals surface area contributed by atoms with Crippen LogP contribution in [0.1, 0.15) is 194 Å². The van der Waals surface area contributed by atoms with Gasteiger partial charge in [0.1, 0.15) is 43.2 Å². The molecule has 398 valence electrons. The molecule has 0 aromatic rings. The van der Waals surface area contributed by atoms with Gasteiger partial charge in [-0.25, -0.2) is 18.3 Å². The van der Waals surface area contributed by atoms with Crippen molar-refractivity contribution in [3.63, 3.8) is 0 Å². The van der Waals surface area contributed by atoms with Crippen molar-refractivity contribution in [2.45, 2.75) is 236 Å². The Hall–Kier alpha value is -0.700. The van der Waals surface area contributed by atoms with Gasteiger partial charge in [0.25, 0.3) is 0 Å². The van der Waals surface area contributed by atoms with Crippen LogP contribution >= 0.6 is 31.3 Å². The topological polar surface area (TPSA) is 349 Å². The molecule has 1 rings (SSSR count). The highest BCUT2D eigenvalue weighted by Crippen LogP contribution is 2.54. The first-order valence-corrected chi connectivity index (χ1v) is 30.2. The number of aliphatic hydroxyl groups is 2. The lowest BCUT2D eigenvalue weighted by Crippen LogP contribution is -2.65. The molecule has 22 nitrogen and oxygen atoms in total. The number of aliphatic hydroxyl groups excluding tert-OH is 2. The highest BCUT2D eigenvalue weighted by molar-refractivity contribution is 7.47. The third-order valence-corrected chi connectivity index (χ3v) is 13.7. The van der Waals surface area contributed by atoms with Crippen molar-refractivity contribution in [1.29, 1.82) is 0 Å². The minimum Gasteiger partial charge on any atom is -0.462 e. The summed E-state index contributed by atoms with van der Waals surface area (Å²) in [6, 6.07) is 0. The summed E-state index contributed by atoms with van der Waals surface area (Å²) in [5, 5.41) is 21.6. The standard InChI is InChI=1S/C41H82O22P4/c1-3-5-7-9-11-13-15-17-19-21-23-25-27-29-34(42)57-31-33(59-35(43)30-28-26-24-22-20-18-16-14-12-10-8-6-4-2)32-58-67(55,56)63-40-37(45)38(60-64(46,47)48)36(44)39(61-65(49,50)51)41(40)62-66(52,53)54/h33,36-41,44-45H,3-32H2,1-2H3,(H,55,56)(H2,46,47,48)(H2,49,50,51)(H2,52,53,54)/t33-,36+,37+,38-,39-,40+,41-/m0/s1. The van der Waals surface area contributed by atoms with E-state index in [1.165, 1.54) is 89.9 Å². The number of unbranched alkanes of at least 4 members (excludes halogenated alkanes) is 24. The Morgan fingerprint density at radius 2 is 0.731 bits per heavy atom. The lowest BCUT2D eigenvalue weighted by molar-refractivity contribution is -0.209. The third kappa shape index (κ3) is 33.6. The van der Waals surface area contributed by atoms with Gasteiger partial charge in [-0.2, -0.15) is 0 Å². The van der Waals surface area contributed by atoms with Crippen molar-refractivity contribution in [3.8, 4) is 0 Å². The van der Waals surface area contributed by atoms with Gasteiger partial charge in [0.2, 0.25) is 0 Å². The molecule has 1 saturated carbocycles. The van der Waals surface area contributed by atoms with E-state index >= 15 is 0 Å². The average Bonchev–Trinajstić information content (AvgIpc) is 3.22. The van der Waals surface area contributed by atoms with Gasteiger partial charge in [-0.15, -0.1) is 0 Å². The molecule has 67 heavy (non-hydrogen) atoms. The van der Waals surface area contributed by atoms with E-state index in [1.807, 2.05) is 0 Å². The van der Waals surface area contributed by atoms with Gasteiger partial charge >= 0.3 is 43.2 Å². The van der Waals surface area contributed by atoms with Crippen molar-refractivity contribution in [3.05, 3.63) is 0 Å². The molecule has 8 atom stereocenters. The van der Waals surface area contributed by atoms with E-state index in [1.54, 1.807) is 0 Å². The summed E-state index contributed by atoms with van der Waals surface area (Å²) in [5.41, 5.74) is 0. The van der Waals surface area contributed by atoms with Crippen LogP contribution in [-0.4, -0.2) is 112 Å². The normalized spacial score (nSPS) is 21.8. The maximum atomic E-state index is 13.3. The van der Waals surface area contributed by atoms with Crippen molar-refractivity contribution in [1.82, 2.24) is 0 Å². The van der Waals surface area contributed by atoms with Crippen molar-refractivity contribution >= 4 is 43.2 Å². The first kappa shape index (κ1) is 64.3. The van der Waals surface area contributed by atoms with Crippen LogP contribution in [-0.2, 0) is 59.9 Å². The van der Waals surface area contributed by atoms with E-state index in [9.17, 15) is 72.3 Å². The van der Waals surface area contributed by atoms with Crippen LogP contribution in [0.25, 0.3) is 0 Å². The molecule has 0 amide bonds. The van der Waals surface area contributed by atoms with Crippen LogP contribution in [0, 0.1) is 0 Å². The number of phosphoric ester groups is 4. The number of hydrogen-bond acceptors (Lipinski definition) is 15. The second-order valence-corrected chi connectivity index (χ2v) is 22.3. The van der Waals surface area contributed by atoms with E-state index in [4.69, 9.17) is 18.5 Å². The molecule has 0 heterocycles. The summed E-state index contributed by atoms with van der Waals surface area (Å²) >= 11 is 0. The van der Waals surface area contributed by atoms with Crippen molar-refractivity contribution < 1.29 is 104 Å². The second-order valence-electron chi connectivity index (χ2n) is 17.3. The number of esters is 2. The minimum absolute atomic E-state index is 0.0297. The second kappa shape index (κ2) is 35.4. The zero-order valence-corrected chi connectivity index (χ0v) is 43.0. The van der Waals surface area contributed by atoms with Crippen LogP contribution < -0.4 is 0 Å². The largest absolute Gasteiger partial charge is 0.472 e. The quantitative estimate of drug-likeness (QED) is 0.0158. The summed E-state index contributed by atoms with van der Waals surface area (Å²) in [4.78, 5) is 93.0. The summed E-state index contributed by atoms with van der Waals surface area (Å²) in [7, 11) is -23.0. The number of phosphoric acid groups is 4. The highest BCUT2D eigenvalue weighted by atomic mass is 31.2. The van der Waals surface area contributed by atoms with Gasteiger partial charge in [-0.3, -0.25) is 32.2 Å². The zero-order valence-electron chi connectivity index (χ0n) is 39.4. The smallest absolute Gasteiger partial charge is 0.462 e. The molecule has 1 unspecified atom stereocenters. The van der Waals surface area contributed by atoms with Crippen LogP contribution in [0.5, 0.6) is 0 Å². The van der Waals surface area contributed by atoms with Crippen molar-refractivity contribution in [2.24, 2.45) is 0 Å².